The zero-order valence-electron chi connectivity index (χ0n) is 13.6. The highest BCUT2D eigenvalue weighted by molar-refractivity contribution is 5.75. The van der Waals surface area contributed by atoms with Crippen molar-refractivity contribution in [3.8, 4) is 5.75 Å². The molecule has 0 aliphatic heterocycles. The van der Waals surface area contributed by atoms with Crippen molar-refractivity contribution in [2.45, 2.75) is 32.4 Å². The summed E-state index contributed by atoms with van der Waals surface area (Å²) in [5.74, 6) is 0.482. The predicted octanol–water partition coefficient (Wildman–Crippen LogP) is 3.01. The molecule has 2 N–H and O–H groups in total. The van der Waals surface area contributed by atoms with Gasteiger partial charge < -0.3 is 15.2 Å². The Kier molecular flexibility index (Phi) is 6.18. The molecule has 122 valence electrons. The second kappa shape index (κ2) is 8.34. The summed E-state index contributed by atoms with van der Waals surface area (Å²) in [4.78, 5) is 11.3. The summed E-state index contributed by atoms with van der Waals surface area (Å²) < 4.78 is 10.6. The highest BCUT2D eigenvalue weighted by Gasteiger charge is 2.13. The second-order valence-corrected chi connectivity index (χ2v) is 5.54. The van der Waals surface area contributed by atoms with Gasteiger partial charge in [-0.1, -0.05) is 42.5 Å². The van der Waals surface area contributed by atoms with Gasteiger partial charge in [0.15, 0.2) is 0 Å². The standard InChI is InChI=1S/C19H23NO3/c1-14-8-9-15(10-11-17(20)19(21)22-2)12-18(14)23-13-16-6-4-3-5-7-16/h3-9,12,17H,10-11,13,20H2,1-2H3/t17-/m0/s1. The summed E-state index contributed by atoms with van der Waals surface area (Å²) >= 11 is 0. The molecule has 0 unspecified atom stereocenters. The van der Waals surface area contributed by atoms with Crippen molar-refractivity contribution in [3.63, 3.8) is 0 Å². The number of rotatable bonds is 7. The fourth-order valence-electron chi connectivity index (χ4n) is 2.28. The minimum Gasteiger partial charge on any atom is -0.489 e. The van der Waals surface area contributed by atoms with E-state index in [4.69, 9.17) is 10.5 Å². The Hall–Kier alpha value is -2.33. The number of carbonyl (C=O) groups excluding carboxylic acids is 1. The average Bonchev–Trinajstić information content (AvgIpc) is 2.59. The zero-order chi connectivity index (χ0) is 16.7. The first kappa shape index (κ1) is 17.0. The van der Waals surface area contributed by atoms with Gasteiger partial charge in [0.25, 0.3) is 0 Å². The number of nitrogens with two attached hydrogens (primary N) is 1. The molecule has 2 aromatic rings. The van der Waals surface area contributed by atoms with Gasteiger partial charge in [-0.05, 0) is 42.5 Å². The summed E-state index contributed by atoms with van der Waals surface area (Å²) in [5.41, 5.74) is 9.08. The minimum atomic E-state index is -0.588. The van der Waals surface area contributed by atoms with Crippen LogP contribution in [0.1, 0.15) is 23.1 Å². The van der Waals surface area contributed by atoms with E-state index in [1.165, 1.54) is 7.11 Å². The fourth-order valence-corrected chi connectivity index (χ4v) is 2.28. The molecule has 1 atom stereocenters. The SMILES string of the molecule is COC(=O)[C@@H](N)CCc1ccc(C)c(OCc2ccccc2)c1. The molecule has 0 radical (unpaired) electrons. The van der Waals surface area contributed by atoms with Gasteiger partial charge in [0, 0.05) is 0 Å². The lowest BCUT2D eigenvalue weighted by Crippen LogP contribution is -2.31. The summed E-state index contributed by atoms with van der Waals surface area (Å²) in [6.07, 6.45) is 1.26. The molecule has 4 nitrogen and oxygen atoms in total. The van der Waals surface area contributed by atoms with Crippen LogP contribution in [0.5, 0.6) is 5.75 Å². The van der Waals surface area contributed by atoms with E-state index in [-0.39, 0.29) is 5.97 Å². The van der Waals surface area contributed by atoms with E-state index >= 15 is 0 Å². The molecule has 0 spiro atoms. The highest BCUT2D eigenvalue weighted by Crippen LogP contribution is 2.22. The van der Waals surface area contributed by atoms with Gasteiger partial charge in [-0.25, -0.2) is 0 Å². The topological polar surface area (TPSA) is 61.5 Å². The van der Waals surface area contributed by atoms with E-state index in [9.17, 15) is 4.79 Å². The highest BCUT2D eigenvalue weighted by atomic mass is 16.5. The summed E-state index contributed by atoms with van der Waals surface area (Å²) in [5, 5.41) is 0. The molecule has 23 heavy (non-hydrogen) atoms. The number of ether oxygens (including phenoxy) is 2. The van der Waals surface area contributed by atoms with Gasteiger partial charge in [0.2, 0.25) is 0 Å². The number of methoxy groups -OCH3 is 1. The fraction of sp³-hybridized carbons (Fsp3) is 0.316. The van der Waals surface area contributed by atoms with E-state index in [2.05, 4.69) is 4.74 Å². The normalized spacial score (nSPS) is 11.8. The van der Waals surface area contributed by atoms with E-state index in [1.807, 2.05) is 55.5 Å². The van der Waals surface area contributed by atoms with Crippen LogP contribution >= 0.6 is 0 Å². The minimum absolute atomic E-state index is 0.377. The molecule has 0 heterocycles. The Morgan fingerprint density at radius 3 is 2.57 bits per heavy atom. The van der Waals surface area contributed by atoms with Gasteiger partial charge in [-0.2, -0.15) is 0 Å². The maximum Gasteiger partial charge on any atom is 0.322 e. The van der Waals surface area contributed by atoms with Crippen LogP contribution in [-0.4, -0.2) is 19.1 Å². The van der Waals surface area contributed by atoms with E-state index in [1.54, 1.807) is 0 Å². The molecular formula is C19H23NO3. The number of benzene rings is 2. The molecule has 0 saturated heterocycles. The van der Waals surface area contributed by atoms with E-state index in [0.717, 1.165) is 22.4 Å². The lowest BCUT2D eigenvalue weighted by atomic mass is 10.0. The van der Waals surface area contributed by atoms with Crippen LogP contribution in [0, 0.1) is 6.92 Å². The van der Waals surface area contributed by atoms with Crippen LogP contribution in [-0.2, 0) is 22.6 Å². The van der Waals surface area contributed by atoms with Gasteiger partial charge in [-0.15, -0.1) is 0 Å². The first-order chi connectivity index (χ1) is 11.1. The van der Waals surface area contributed by atoms with Gasteiger partial charge in [0.05, 0.1) is 7.11 Å². The Balaban J connectivity index is 1.97. The van der Waals surface area contributed by atoms with Crippen molar-refractivity contribution in [2.24, 2.45) is 5.73 Å². The van der Waals surface area contributed by atoms with Crippen LogP contribution in [0.4, 0.5) is 0 Å². The maximum absolute atomic E-state index is 11.3. The number of carbonyl (C=O) groups is 1. The Bertz CT molecular complexity index is 640. The van der Waals surface area contributed by atoms with Crippen LogP contribution in [0.3, 0.4) is 0 Å². The third kappa shape index (κ3) is 5.11. The van der Waals surface area contributed by atoms with Crippen LogP contribution in [0.15, 0.2) is 48.5 Å². The van der Waals surface area contributed by atoms with Crippen molar-refractivity contribution in [3.05, 3.63) is 65.2 Å². The third-order valence-corrected chi connectivity index (χ3v) is 3.74. The molecule has 4 heteroatoms. The van der Waals surface area contributed by atoms with Crippen LogP contribution in [0.25, 0.3) is 0 Å². The molecular weight excluding hydrogens is 290 g/mol. The number of esters is 1. The van der Waals surface area contributed by atoms with E-state index in [0.29, 0.717) is 19.4 Å². The largest absolute Gasteiger partial charge is 0.489 e. The predicted molar refractivity (Wildman–Crippen MR) is 90.3 cm³/mol. The molecule has 0 saturated carbocycles. The zero-order valence-corrected chi connectivity index (χ0v) is 13.6. The number of aryl methyl sites for hydroxylation is 2. The van der Waals surface area contributed by atoms with Crippen molar-refractivity contribution in [1.82, 2.24) is 0 Å². The first-order valence-electron chi connectivity index (χ1n) is 7.70. The molecule has 0 aromatic heterocycles. The quantitative estimate of drug-likeness (QED) is 0.798. The smallest absolute Gasteiger partial charge is 0.322 e. The van der Waals surface area contributed by atoms with Crippen molar-refractivity contribution >= 4 is 5.97 Å². The molecule has 2 aromatic carbocycles. The monoisotopic (exact) mass is 313 g/mol. The first-order valence-corrected chi connectivity index (χ1v) is 7.70. The van der Waals surface area contributed by atoms with Crippen LogP contribution < -0.4 is 10.5 Å². The third-order valence-electron chi connectivity index (χ3n) is 3.74. The number of hydrogen-bond acceptors (Lipinski definition) is 4. The lowest BCUT2D eigenvalue weighted by molar-refractivity contribution is -0.142. The molecule has 2 rings (SSSR count). The summed E-state index contributed by atoms with van der Waals surface area (Å²) in [6.45, 7) is 2.55. The van der Waals surface area contributed by atoms with Crippen molar-refractivity contribution < 1.29 is 14.3 Å². The molecule has 0 amide bonds. The van der Waals surface area contributed by atoms with Crippen molar-refractivity contribution in [2.75, 3.05) is 7.11 Å². The molecule has 0 aliphatic carbocycles. The Morgan fingerprint density at radius 2 is 1.87 bits per heavy atom. The number of hydrogen-bond donors (Lipinski definition) is 1. The molecule has 0 bridgehead atoms. The second-order valence-electron chi connectivity index (χ2n) is 5.54. The van der Waals surface area contributed by atoms with Gasteiger partial charge in [-0.3, -0.25) is 4.79 Å². The molecule has 0 aliphatic rings. The van der Waals surface area contributed by atoms with Gasteiger partial charge >= 0.3 is 5.97 Å². The molecule has 0 fully saturated rings. The van der Waals surface area contributed by atoms with Crippen LogP contribution in [0.2, 0.25) is 0 Å². The van der Waals surface area contributed by atoms with E-state index < -0.39 is 6.04 Å². The van der Waals surface area contributed by atoms with Crippen molar-refractivity contribution in [1.29, 1.82) is 0 Å². The van der Waals surface area contributed by atoms with Gasteiger partial charge in [0.1, 0.15) is 18.4 Å². The lowest BCUT2D eigenvalue weighted by Gasteiger charge is -2.12. The Morgan fingerprint density at radius 1 is 1.13 bits per heavy atom. The average molecular weight is 313 g/mol. The summed E-state index contributed by atoms with van der Waals surface area (Å²) in [6, 6.07) is 15.5. The maximum atomic E-state index is 11.3. The Labute approximate surface area is 137 Å². The summed E-state index contributed by atoms with van der Waals surface area (Å²) in [7, 11) is 1.35.